The predicted octanol–water partition coefficient (Wildman–Crippen LogP) is 3.73. The Hall–Kier alpha value is -1.39. The normalized spacial score (nSPS) is 12.8. The third-order valence-electron chi connectivity index (χ3n) is 3.21. The summed E-state index contributed by atoms with van der Waals surface area (Å²) in [5.41, 5.74) is -0.699. The summed E-state index contributed by atoms with van der Waals surface area (Å²) in [7, 11) is -3.76. The molecule has 0 atom stereocenters. The van der Waals surface area contributed by atoms with Crippen LogP contribution in [-0.2, 0) is 14.3 Å². The lowest BCUT2D eigenvalue weighted by molar-refractivity contribution is 0.114. The molecule has 0 aliphatic heterocycles. The largest absolute Gasteiger partial charge is 0.298 e. The second kappa shape index (κ2) is 4.94. The van der Waals surface area contributed by atoms with Gasteiger partial charge in [0.25, 0.3) is 10.1 Å². The number of fused-ring (bicyclic) bond motifs is 1. The van der Waals surface area contributed by atoms with Gasteiger partial charge in [0.1, 0.15) is 4.90 Å². The van der Waals surface area contributed by atoms with E-state index < -0.39 is 15.7 Å². The van der Waals surface area contributed by atoms with Crippen LogP contribution in [0.25, 0.3) is 10.8 Å². The highest BCUT2D eigenvalue weighted by atomic mass is 32.2. The maximum atomic E-state index is 12.4. The minimum absolute atomic E-state index is 0.229. The van der Waals surface area contributed by atoms with Gasteiger partial charge < -0.3 is 0 Å². The van der Waals surface area contributed by atoms with Crippen molar-refractivity contribution in [2.75, 3.05) is 0 Å². The van der Waals surface area contributed by atoms with Crippen LogP contribution >= 0.6 is 0 Å². The van der Waals surface area contributed by atoms with Crippen LogP contribution in [0.5, 0.6) is 0 Å². The standard InChI is InChI=1S/C15H18O3S/c1-4-15(2,3)18-19(16,17)14-11-7-9-12-8-5-6-10-13(12)14/h5-11H,4H2,1-3H3. The molecule has 0 fully saturated rings. The average Bonchev–Trinajstić information content (AvgIpc) is 2.37. The topological polar surface area (TPSA) is 43.4 Å². The van der Waals surface area contributed by atoms with Gasteiger partial charge in [-0.15, -0.1) is 0 Å². The molecule has 0 amide bonds. The van der Waals surface area contributed by atoms with E-state index in [-0.39, 0.29) is 4.90 Å². The molecule has 2 aromatic carbocycles. The Labute approximate surface area is 114 Å². The van der Waals surface area contributed by atoms with Gasteiger partial charge >= 0.3 is 0 Å². The first-order valence-corrected chi connectivity index (χ1v) is 7.70. The molecular weight excluding hydrogens is 260 g/mol. The van der Waals surface area contributed by atoms with Crippen LogP contribution in [0.4, 0.5) is 0 Å². The molecule has 19 heavy (non-hydrogen) atoms. The zero-order valence-corrected chi connectivity index (χ0v) is 12.2. The second-order valence-electron chi connectivity index (χ2n) is 5.13. The van der Waals surface area contributed by atoms with Crippen molar-refractivity contribution in [2.24, 2.45) is 0 Å². The molecule has 0 bridgehead atoms. The lowest BCUT2D eigenvalue weighted by Crippen LogP contribution is -2.27. The summed E-state index contributed by atoms with van der Waals surface area (Å²) >= 11 is 0. The first-order valence-electron chi connectivity index (χ1n) is 6.29. The van der Waals surface area contributed by atoms with E-state index in [2.05, 4.69) is 0 Å². The van der Waals surface area contributed by atoms with Gasteiger partial charge in [0, 0.05) is 5.39 Å². The second-order valence-corrected chi connectivity index (χ2v) is 6.64. The van der Waals surface area contributed by atoms with E-state index in [1.54, 1.807) is 32.0 Å². The number of hydrogen-bond acceptors (Lipinski definition) is 3. The fourth-order valence-corrected chi connectivity index (χ4v) is 3.32. The van der Waals surface area contributed by atoms with E-state index in [0.717, 1.165) is 5.39 Å². The molecule has 0 N–H and O–H groups in total. The van der Waals surface area contributed by atoms with Gasteiger partial charge in [0.15, 0.2) is 0 Å². The number of rotatable bonds is 4. The third-order valence-corrected chi connectivity index (χ3v) is 4.77. The van der Waals surface area contributed by atoms with Crippen molar-refractivity contribution in [3.8, 4) is 0 Å². The molecule has 102 valence electrons. The Morgan fingerprint density at radius 2 is 1.68 bits per heavy atom. The van der Waals surface area contributed by atoms with Crippen LogP contribution in [0.3, 0.4) is 0 Å². The van der Waals surface area contributed by atoms with Gasteiger partial charge in [-0.2, -0.15) is 8.42 Å². The van der Waals surface area contributed by atoms with Crippen LogP contribution in [-0.4, -0.2) is 14.0 Å². The van der Waals surface area contributed by atoms with Crippen LogP contribution < -0.4 is 0 Å². The first kappa shape index (κ1) is 14.0. The Bertz CT molecular complexity index is 682. The first-order chi connectivity index (χ1) is 8.86. The SMILES string of the molecule is CCC(C)(C)OS(=O)(=O)c1cccc2ccccc12. The molecule has 3 nitrogen and oxygen atoms in total. The minimum Gasteiger partial charge on any atom is -0.260 e. The third kappa shape index (κ3) is 2.96. The van der Waals surface area contributed by atoms with Crippen molar-refractivity contribution in [3.05, 3.63) is 42.5 Å². The molecule has 0 unspecified atom stereocenters. The highest BCUT2D eigenvalue weighted by Gasteiger charge is 2.27. The summed E-state index contributed by atoms with van der Waals surface area (Å²) in [6.45, 7) is 5.45. The van der Waals surface area contributed by atoms with Gasteiger partial charge in [-0.3, -0.25) is 4.18 Å². The maximum Gasteiger partial charge on any atom is 0.298 e. The molecule has 0 saturated carbocycles. The minimum atomic E-state index is -3.76. The molecule has 0 aromatic heterocycles. The summed E-state index contributed by atoms with van der Waals surface area (Å²) < 4.78 is 30.1. The zero-order valence-electron chi connectivity index (χ0n) is 11.4. The van der Waals surface area contributed by atoms with Gasteiger partial charge in [-0.25, -0.2) is 0 Å². The van der Waals surface area contributed by atoms with Crippen molar-refractivity contribution in [1.29, 1.82) is 0 Å². The Morgan fingerprint density at radius 3 is 2.37 bits per heavy atom. The predicted molar refractivity (Wildman–Crippen MR) is 76.6 cm³/mol. The van der Waals surface area contributed by atoms with Crippen molar-refractivity contribution in [3.63, 3.8) is 0 Å². The van der Waals surface area contributed by atoms with E-state index in [9.17, 15) is 8.42 Å². The number of hydrogen-bond donors (Lipinski definition) is 0. The van der Waals surface area contributed by atoms with E-state index in [0.29, 0.717) is 11.8 Å². The molecular formula is C15H18O3S. The molecule has 0 spiro atoms. The molecule has 0 aliphatic rings. The fourth-order valence-electron chi connectivity index (χ4n) is 1.81. The van der Waals surface area contributed by atoms with Gasteiger partial charge in [-0.1, -0.05) is 43.3 Å². The summed E-state index contributed by atoms with van der Waals surface area (Å²) in [5.74, 6) is 0. The summed E-state index contributed by atoms with van der Waals surface area (Å²) in [5, 5.41) is 1.58. The van der Waals surface area contributed by atoms with Crippen LogP contribution in [0, 0.1) is 0 Å². The summed E-state index contributed by atoms with van der Waals surface area (Å²) in [4.78, 5) is 0.229. The van der Waals surface area contributed by atoms with Crippen molar-refractivity contribution >= 4 is 20.9 Å². The molecule has 0 radical (unpaired) electrons. The smallest absolute Gasteiger partial charge is 0.260 e. The highest BCUT2D eigenvalue weighted by Crippen LogP contribution is 2.28. The zero-order chi connectivity index (χ0) is 14.1. The van der Waals surface area contributed by atoms with Crippen LogP contribution in [0.2, 0.25) is 0 Å². The molecule has 0 heterocycles. The van der Waals surface area contributed by atoms with Crippen LogP contribution in [0.15, 0.2) is 47.4 Å². The van der Waals surface area contributed by atoms with E-state index in [4.69, 9.17) is 4.18 Å². The van der Waals surface area contributed by atoms with Crippen molar-refractivity contribution < 1.29 is 12.6 Å². The van der Waals surface area contributed by atoms with E-state index in [1.165, 1.54) is 0 Å². The Morgan fingerprint density at radius 1 is 1.05 bits per heavy atom. The molecule has 4 heteroatoms. The molecule has 2 aromatic rings. The van der Waals surface area contributed by atoms with Crippen molar-refractivity contribution in [1.82, 2.24) is 0 Å². The van der Waals surface area contributed by atoms with E-state index in [1.807, 2.05) is 31.2 Å². The summed E-state index contributed by atoms with van der Waals surface area (Å²) in [6.07, 6.45) is 0.622. The van der Waals surface area contributed by atoms with Gasteiger partial charge in [0.05, 0.1) is 5.60 Å². The Balaban J connectivity index is 2.55. The fraction of sp³-hybridized carbons (Fsp3) is 0.333. The maximum absolute atomic E-state index is 12.4. The number of benzene rings is 2. The van der Waals surface area contributed by atoms with Gasteiger partial charge in [-0.05, 0) is 31.7 Å². The highest BCUT2D eigenvalue weighted by molar-refractivity contribution is 7.87. The van der Waals surface area contributed by atoms with Crippen LogP contribution in [0.1, 0.15) is 27.2 Å². The lowest BCUT2D eigenvalue weighted by Gasteiger charge is -2.23. The van der Waals surface area contributed by atoms with Gasteiger partial charge in [0.2, 0.25) is 0 Å². The molecule has 0 saturated heterocycles. The molecule has 2 rings (SSSR count). The van der Waals surface area contributed by atoms with Crippen molar-refractivity contribution in [2.45, 2.75) is 37.7 Å². The molecule has 0 aliphatic carbocycles. The quantitative estimate of drug-likeness (QED) is 0.800. The Kier molecular flexibility index (Phi) is 3.65. The average molecular weight is 278 g/mol. The summed E-state index contributed by atoms with van der Waals surface area (Å²) in [6, 6.07) is 12.6. The van der Waals surface area contributed by atoms with E-state index >= 15 is 0 Å². The lowest BCUT2D eigenvalue weighted by atomic mass is 10.1. The monoisotopic (exact) mass is 278 g/mol.